The molecule has 2 N–H and O–H groups in total. The van der Waals surface area contributed by atoms with E-state index in [2.05, 4.69) is 53.8 Å². The van der Waals surface area contributed by atoms with E-state index in [0.29, 0.717) is 5.92 Å². The minimum Gasteiger partial charge on any atom is -0.330 e. The van der Waals surface area contributed by atoms with Crippen molar-refractivity contribution >= 4 is 22.6 Å². The van der Waals surface area contributed by atoms with Gasteiger partial charge in [0.15, 0.2) is 0 Å². The molecule has 0 aromatic heterocycles. The standard InChI is InChI=1S/C10H14IN/c1-8(6-7-12)9-2-4-10(11)5-3-9/h2-5,8H,6-7,12H2,1H3. The number of nitrogens with two attached hydrogens (primary N) is 1. The molecule has 1 aromatic carbocycles. The number of rotatable bonds is 3. The first-order valence-electron chi connectivity index (χ1n) is 4.19. The molecule has 1 atom stereocenters. The number of hydrogen-bond donors (Lipinski definition) is 1. The van der Waals surface area contributed by atoms with E-state index in [9.17, 15) is 0 Å². The molecule has 0 bridgehead atoms. The Morgan fingerprint density at radius 3 is 2.42 bits per heavy atom. The van der Waals surface area contributed by atoms with Crippen molar-refractivity contribution in [2.75, 3.05) is 6.54 Å². The van der Waals surface area contributed by atoms with Crippen LogP contribution in [0.2, 0.25) is 0 Å². The van der Waals surface area contributed by atoms with Gasteiger partial charge < -0.3 is 5.73 Å². The Morgan fingerprint density at radius 2 is 1.92 bits per heavy atom. The molecule has 1 aromatic rings. The molecule has 66 valence electrons. The predicted molar refractivity (Wildman–Crippen MR) is 61.2 cm³/mol. The average molecular weight is 275 g/mol. The van der Waals surface area contributed by atoms with Crippen molar-refractivity contribution in [2.24, 2.45) is 5.73 Å². The van der Waals surface area contributed by atoms with Crippen molar-refractivity contribution in [3.63, 3.8) is 0 Å². The molecule has 0 aliphatic rings. The van der Waals surface area contributed by atoms with Crippen LogP contribution in [0.25, 0.3) is 0 Å². The third-order valence-electron chi connectivity index (χ3n) is 2.04. The summed E-state index contributed by atoms with van der Waals surface area (Å²) in [5.74, 6) is 0.590. The first kappa shape index (κ1) is 9.99. The van der Waals surface area contributed by atoms with Crippen molar-refractivity contribution in [1.29, 1.82) is 0 Å². The van der Waals surface area contributed by atoms with E-state index in [0.717, 1.165) is 13.0 Å². The smallest absolute Gasteiger partial charge is 0.0130 e. The fourth-order valence-electron chi connectivity index (χ4n) is 1.21. The molecule has 0 fully saturated rings. The Morgan fingerprint density at radius 1 is 1.33 bits per heavy atom. The summed E-state index contributed by atoms with van der Waals surface area (Å²) in [5.41, 5.74) is 6.88. The Balaban J connectivity index is 2.68. The monoisotopic (exact) mass is 275 g/mol. The number of benzene rings is 1. The quantitative estimate of drug-likeness (QED) is 0.843. The van der Waals surface area contributed by atoms with Crippen LogP contribution >= 0.6 is 22.6 Å². The van der Waals surface area contributed by atoms with Gasteiger partial charge in [-0.15, -0.1) is 0 Å². The molecule has 1 rings (SSSR count). The normalized spacial score (nSPS) is 12.9. The second-order valence-corrected chi connectivity index (χ2v) is 4.28. The van der Waals surface area contributed by atoms with E-state index in [4.69, 9.17) is 5.73 Å². The third kappa shape index (κ3) is 2.75. The Kier molecular flexibility index (Phi) is 4.01. The lowest BCUT2D eigenvalue weighted by atomic mass is 9.98. The summed E-state index contributed by atoms with van der Waals surface area (Å²) >= 11 is 2.32. The second kappa shape index (κ2) is 4.82. The molecular weight excluding hydrogens is 261 g/mol. The lowest BCUT2D eigenvalue weighted by Gasteiger charge is -2.09. The van der Waals surface area contributed by atoms with Gasteiger partial charge in [-0.25, -0.2) is 0 Å². The zero-order chi connectivity index (χ0) is 8.97. The van der Waals surface area contributed by atoms with Crippen molar-refractivity contribution < 1.29 is 0 Å². The maximum atomic E-state index is 5.50. The molecule has 0 aliphatic heterocycles. The van der Waals surface area contributed by atoms with Gasteiger partial charge in [0, 0.05) is 3.57 Å². The van der Waals surface area contributed by atoms with Gasteiger partial charge in [-0.05, 0) is 59.2 Å². The topological polar surface area (TPSA) is 26.0 Å². The van der Waals surface area contributed by atoms with Gasteiger partial charge in [-0.1, -0.05) is 19.1 Å². The fourth-order valence-corrected chi connectivity index (χ4v) is 1.57. The maximum Gasteiger partial charge on any atom is 0.0130 e. The van der Waals surface area contributed by atoms with Crippen LogP contribution in [0.15, 0.2) is 24.3 Å². The molecule has 2 heteroatoms. The maximum absolute atomic E-state index is 5.50. The molecule has 0 radical (unpaired) electrons. The summed E-state index contributed by atoms with van der Waals surface area (Å²) in [7, 11) is 0. The van der Waals surface area contributed by atoms with Crippen LogP contribution in [0, 0.1) is 3.57 Å². The zero-order valence-electron chi connectivity index (χ0n) is 7.26. The van der Waals surface area contributed by atoms with Gasteiger partial charge in [0.05, 0.1) is 0 Å². The van der Waals surface area contributed by atoms with Crippen LogP contribution in [-0.4, -0.2) is 6.54 Å². The lowest BCUT2D eigenvalue weighted by Crippen LogP contribution is -2.04. The molecule has 0 heterocycles. The van der Waals surface area contributed by atoms with Crippen LogP contribution in [-0.2, 0) is 0 Å². The van der Waals surface area contributed by atoms with Crippen molar-refractivity contribution in [1.82, 2.24) is 0 Å². The van der Waals surface area contributed by atoms with Gasteiger partial charge in [0.2, 0.25) is 0 Å². The van der Waals surface area contributed by atoms with Crippen LogP contribution < -0.4 is 5.73 Å². The van der Waals surface area contributed by atoms with Gasteiger partial charge in [0.1, 0.15) is 0 Å². The summed E-state index contributed by atoms with van der Waals surface area (Å²) < 4.78 is 1.29. The summed E-state index contributed by atoms with van der Waals surface area (Å²) in [6.07, 6.45) is 1.07. The highest BCUT2D eigenvalue weighted by Crippen LogP contribution is 2.18. The van der Waals surface area contributed by atoms with Gasteiger partial charge in [0.25, 0.3) is 0 Å². The van der Waals surface area contributed by atoms with E-state index in [1.807, 2.05) is 0 Å². The number of halogens is 1. The molecule has 12 heavy (non-hydrogen) atoms. The highest BCUT2D eigenvalue weighted by Gasteiger charge is 2.02. The van der Waals surface area contributed by atoms with E-state index in [1.165, 1.54) is 9.13 Å². The zero-order valence-corrected chi connectivity index (χ0v) is 9.41. The van der Waals surface area contributed by atoms with Crippen LogP contribution in [0.1, 0.15) is 24.8 Å². The third-order valence-corrected chi connectivity index (χ3v) is 2.76. The summed E-state index contributed by atoms with van der Waals surface area (Å²) in [5, 5.41) is 0. The van der Waals surface area contributed by atoms with Crippen LogP contribution in [0.4, 0.5) is 0 Å². The molecular formula is C10H14IN. The molecule has 0 spiro atoms. The highest BCUT2D eigenvalue weighted by molar-refractivity contribution is 14.1. The van der Waals surface area contributed by atoms with Crippen molar-refractivity contribution in [3.05, 3.63) is 33.4 Å². The highest BCUT2D eigenvalue weighted by atomic mass is 127. The van der Waals surface area contributed by atoms with Gasteiger partial charge in [-0.2, -0.15) is 0 Å². The second-order valence-electron chi connectivity index (χ2n) is 3.03. The largest absolute Gasteiger partial charge is 0.330 e. The Bertz CT molecular complexity index is 230. The first-order valence-corrected chi connectivity index (χ1v) is 5.27. The molecule has 0 saturated heterocycles. The predicted octanol–water partition coefficient (Wildman–Crippen LogP) is 2.74. The van der Waals surface area contributed by atoms with E-state index in [-0.39, 0.29) is 0 Å². The lowest BCUT2D eigenvalue weighted by molar-refractivity contribution is 0.690. The first-order chi connectivity index (χ1) is 5.74. The van der Waals surface area contributed by atoms with E-state index >= 15 is 0 Å². The molecule has 0 saturated carbocycles. The number of hydrogen-bond acceptors (Lipinski definition) is 1. The average Bonchev–Trinajstić information content (AvgIpc) is 2.06. The van der Waals surface area contributed by atoms with Gasteiger partial charge >= 0.3 is 0 Å². The van der Waals surface area contributed by atoms with E-state index in [1.54, 1.807) is 0 Å². The Labute approximate surface area is 87.5 Å². The minimum absolute atomic E-state index is 0.590. The Hall–Kier alpha value is -0.0900. The van der Waals surface area contributed by atoms with E-state index < -0.39 is 0 Å². The molecule has 0 aliphatic carbocycles. The van der Waals surface area contributed by atoms with Crippen molar-refractivity contribution in [3.8, 4) is 0 Å². The van der Waals surface area contributed by atoms with Crippen LogP contribution in [0.3, 0.4) is 0 Å². The van der Waals surface area contributed by atoms with Crippen LogP contribution in [0.5, 0.6) is 0 Å². The molecule has 1 unspecified atom stereocenters. The van der Waals surface area contributed by atoms with Crippen molar-refractivity contribution in [2.45, 2.75) is 19.3 Å². The molecule has 1 nitrogen and oxygen atoms in total. The SMILES string of the molecule is CC(CCN)c1ccc(I)cc1. The summed E-state index contributed by atoms with van der Waals surface area (Å²) in [6, 6.07) is 8.65. The summed E-state index contributed by atoms with van der Waals surface area (Å²) in [6.45, 7) is 2.99. The van der Waals surface area contributed by atoms with Gasteiger partial charge in [-0.3, -0.25) is 0 Å². The molecule has 0 amide bonds. The summed E-state index contributed by atoms with van der Waals surface area (Å²) in [4.78, 5) is 0. The fraction of sp³-hybridized carbons (Fsp3) is 0.400. The minimum atomic E-state index is 0.590.